The maximum Gasteiger partial charge on any atom is 0.100 e. The molecule has 1 aliphatic rings. The standard InChI is InChI=1S/C10H11ClN2/c11-8-3-1-4-9(7-8)13-6-2-5-10(13)12/h1,3-4,7,12H,2,5-6H2. The summed E-state index contributed by atoms with van der Waals surface area (Å²) < 4.78 is 0. The van der Waals surface area contributed by atoms with Gasteiger partial charge in [-0.25, -0.2) is 0 Å². The molecule has 0 amide bonds. The number of nitrogens with one attached hydrogen (secondary N) is 1. The third-order valence-electron chi connectivity index (χ3n) is 2.24. The van der Waals surface area contributed by atoms with Gasteiger partial charge < -0.3 is 4.90 Å². The van der Waals surface area contributed by atoms with E-state index in [1.807, 2.05) is 29.2 Å². The third kappa shape index (κ3) is 1.68. The van der Waals surface area contributed by atoms with E-state index in [1.165, 1.54) is 0 Å². The van der Waals surface area contributed by atoms with Gasteiger partial charge in [0.05, 0.1) is 0 Å². The summed E-state index contributed by atoms with van der Waals surface area (Å²) in [4.78, 5) is 2.01. The van der Waals surface area contributed by atoms with Crippen molar-refractivity contribution in [2.75, 3.05) is 11.4 Å². The predicted octanol–water partition coefficient (Wildman–Crippen LogP) is 2.92. The van der Waals surface area contributed by atoms with Gasteiger partial charge in [-0.2, -0.15) is 0 Å². The molecule has 13 heavy (non-hydrogen) atoms. The normalized spacial score (nSPS) is 16.7. The summed E-state index contributed by atoms with van der Waals surface area (Å²) in [5.41, 5.74) is 1.04. The molecule has 0 aromatic heterocycles. The van der Waals surface area contributed by atoms with E-state index in [-0.39, 0.29) is 0 Å². The van der Waals surface area contributed by atoms with E-state index >= 15 is 0 Å². The van der Waals surface area contributed by atoms with Crippen LogP contribution in [-0.2, 0) is 0 Å². The van der Waals surface area contributed by atoms with E-state index in [0.717, 1.165) is 30.1 Å². The number of amidine groups is 1. The highest BCUT2D eigenvalue weighted by molar-refractivity contribution is 6.30. The van der Waals surface area contributed by atoms with Crippen LogP contribution in [-0.4, -0.2) is 12.4 Å². The van der Waals surface area contributed by atoms with E-state index < -0.39 is 0 Å². The van der Waals surface area contributed by atoms with Crippen LogP contribution in [0.2, 0.25) is 5.02 Å². The Morgan fingerprint density at radius 3 is 2.85 bits per heavy atom. The zero-order valence-electron chi connectivity index (χ0n) is 7.26. The number of anilines is 1. The molecule has 1 N–H and O–H groups in total. The van der Waals surface area contributed by atoms with Crippen LogP contribution in [0.25, 0.3) is 0 Å². The van der Waals surface area contributed by atoms with Crippen molar-refractivity contribution in [3.8, 4) is 0 Å². The number of halogens is 1. The molecule has 3 heteroatoms. The SMILES string of the molecule is N=C1CCCN1c1cccc(Cl)c1. The van der Waals surface area contributed by atoms with E-state index in [0.29, 0.717) is 5.84 Å². The predicted molar refractivity (Wildman–Crippen MR) is 55.8 cm³/mol. The Kier molecular flexibility index (Phi) is 2.23. The maximum atomic E-state index is 7.70. The second-order valence-electron chi connectivity index (χ2n) is 3.18. The zero-order valence-corrected chi connectivity index (χ0v) is 8.01. The van der Waals surface area contributed by atoms with Gasteiger partial charge in [0.2, 0.25) is 0 Å². The fraction of sp³-hybridized carbons (Fsp3) is 0.300. The largest absolute Gasteiger partial charge is 0.330 e. The second kappa shape index (κ2) is 3.38. The average molecular weight is 195 g/mol. The van der Waals surface area contributed by atoms with Crippen LogP contribution in [0, 0.1) is 5.41 Å². The van der Waals surface area contributed by atoms with Gasteiger partial charge in [-0.15, -0.1) is 0 Å². The van der Waals surface area contributed by atoms with Crippen LogP contribution in [0.1, 0.15) is 12.8 Å². The topological polar surface area (TPSA) is 27.1 Å². The lowest BCUT2D eigenvalue weighted by atomic mass is 10.3. The van der Waals surface area contributed by atoms with Crippen molar-refractivity contribution in [1.82, 2.24) is 0 Å². The Balaban J connectivity index is 2.29. The first-order valence-corrected chi connectivity index (χ1v) is 4.76. The average Bonchev–Trinajstić information content (AvgIpc) is 2.51. The molecule has 68 valence electrons. The Morgan fingerprint density at radius 2 is 2.23 bits per heavy atom. The molecule has 2 rings (SSSR count). The van der Waals surface area contributed by atoms with Gasteiger partial charge in [0.25, 0.3) is 0 Å². The van der Waals surface area contributed by atoms with Gasteiger partial charge >= 0.3 is 0 Å². The Hall–Kier alpha value is -1.02. The molecule has 0 saturated carbocycles. The van der Waals surface area contributed by atoms with Gasteiger partial charge in [0, 0.05) is 23.7 Å². The van der Waals surface area contributed by atoms with Crippen molar-refractivity contribution in [3.05, 3.63) is 29.3 Å². The molecular formula is C10H11ClN2. The minimum Gasteiger partial charge on any atom is -0.330 e. The molecule has 0 spiro atoms. The molecule has 0 aliphatic carbocycles. The molecule has 1 aromatic rings. The van der Waals surface area contributed by atoms with Crippen molar-refractivity contribution < 1.29 is 0 Å². The van der Waals surface area contributed by atoms with E-state index in [9.17, 15) is 0 Å². The molecule has 1 aliphatic heterocycles. The lowest BCUT2D eigenvalue weighted by Gasteiger charge is -2.17. The number of benzene rings is 1. The first kappa shape index (κ1) is 8.57. The number of hydrogen-bond acceptors (Lipinski definition) is 1. The van der Waals surface area contributed by atoms with Crippen molar-refractivity contribution in [1.29, 1.82) is 5.41 Å². The van der Waals surface area contributed by atoms with E-state index in [1.54, 1.807) is 0 Å². The van der Waals surface area contributed by atoms with Crippen molar-refractivity contribution in [2.24, 2.45) is 0 Å². The van der Waals surface area contributed by atoms with Crippen molar-refractivity contribution in [3.63, 3.8) is 0 Å². The van der Waals surface area contributed by atoms with Crippen LogP contribution < -0.4 is 4.90 Å². The first-order valence-electron chi connectivity index (χ1n) is 4.38. The highest BCUT2D eigenvalue weighted by Gasteiger charge is 2.17. The molecule has 1 aromatic carbocycles. The summed E-state index contributed by atoms with van der Waals surface area (Å²) in [5.74, 6) is 0.697. The molecule has 0 atom stereocenters. The van der Waals surface area contributed by atoms with Crippen LogP contribution in [0.5, 0.6) is 0 Å². The Labute approximate surface area is 82.6 Å². The van der Waals surface area contributed by atoms with Gasteiger partial charge in [0.1, 0.15) is 5.84 Å². The lowest BCUT2D eigenvalue weighted by Crippen LogP contribution is -2.22. The summed E-state index contributed by atoms with van der Waals surface area (Å²) in [6.45, 7) is 0.944. The number of rotatable bonds is 1. The summed E-state index contributed by atoms with van der Waals surface area (Å²) in [5, 5.41) is 8.43. The third-order valence-corrected chi connectivity index (χ3v) is 2.48. The van der Waals surface area contributed by atoms with Gasteiger partial charge in [-0.3, -0.25) is 5.41 Å². The van der Waals surface area contributed by atoms with Crippen molar-refractivity contribution >= 4 is 23.1 Å². The number of nitrogens with zero attached hydrogens (tertiary/aromatic N) is 1. The summed E-state index contributed by atoms with van der Waals surface area (Å²) in [7, 11) is 0. The number of hydrogen-bond donors (Lipinski definition) is 1. The zero-order chi connectivity index (χ0) is 9.26. The molecule has 1 fully saturated rings. The van der Waals surface area contributed by atoms with Crippen LogP contribution >= 0.6 is 11.6 Å². The molecular weight excluding hydrogens is 184 g/mol. The molecule has 0 bridgehead atoms. The molecule has 1 saturated heterocycles. The lowest BCUT2D eigenvalue weighted by molar-refractivity contribution is 0.956. The first-order chi connectivity index (χ1) is 6.27. The maximum absolute atomic E-state index is 7.70. The van der Waals surface area contributed by atoms with Crippen molar-refractivity contribution in [2.45, 2.75) is 12.8 Å². The fourth-order valence-corrected chi connectivity index (χ4v) is 1.79. The molecule has 2 nitrogen and oxygen atoms in total. The fourth-order valence-electron chi connectivity index (χ4n) is 1.60. The highest BCUT2D eigenvalue weighted by Crippen LogP contribution is 2.23. The minimum atomic E-state index is 0.697. The van der Waals surface area contributed by atoms with Crippen LogP contribution in [0.15, 0.2) is 24.3 Å². The summed E-state index contributed by atoms with van der Waals surface area (Å²) in [6.07, 6.45) is 1.96. The molecule has 0 radical (unpaired) electrons. The quantitative estimate of drug-likeness (QED) is 0.731. The summed E-state index contributed by atoms with van der Waals surface area (Å²) >= 11 is 5.87. The van der Waals surface area contributed by atoms with Crippen LogP contribution in [0.3, 0.4) is 0 Å². The second-order valence-corrected chi connectivity index (χ2v) is 3.62. The van der Waals surface area contributed by atoms with E-state index in [4.69, 9.17) is 17.0 Å². The van der Waals surface area contributed by atoms with Gasteiger partial charge in [0.15, 0.2) is 0 Å². The minimum absolute atomic E-state index is 0.697. The molecule has 0 unspecified atom stereocenters. The van der Waals surface area contributed by atoms with Gasteiger partial charge in [-0.05, 0) is 24.6 Å². The summed E-state index contributed by atoms with van der Waals surface area (Å²) in [6, 6.07) is 7.67. The monoisotopic (exact) mass is 194 g/mol. The highest BCUT2D eigenvalue weighted by atomic mass is 35.5. The van der Waals surface area contributed by atoms with Crippen LogP contribution in [0.4, 0.5) is 5.69 Å². The van der Waals surface area contributed by atoms with E-state index in [2.05, 4.69) is 0 Å². The molecule has 1 heterocycles. The Bertz CT molecular complexity index is 335. The smallest absolute Gasteiger partial charge is 0.100 e. The van der Waals surface area contributed by atoms with Gasteiger partial charge in [-0.1, -0.05) is 17.7 Å². The Morgan fingerprint density at radius 1 is 1.38 bits per heavy atom.